The fourth-order valence-electron chi connectivity index (χ4n) is 3.97. The van der Waals surface area contributed by atoms with Crippen LogP contribution in [0.3, 0.4) is 0 Å². The van der Waals surface area contributed by atoms with E-state index in [9.17, 15) is 4.79 Å². The lowest BCUT2D eigenvalue weighted by atomic mass is 10.0. The van der Waals surface area contributed by atoms with Crippen molar-refractivity contribution >= 4 is 17.2 Å². The molecule has 7 heteroatoms. The second kappa shape index (κ2) is 7.59. The molecule has 0 fully saturated rings. The van der Waals surface area contributed by atoms with Crippen molar-refractivity contribution in [3.63, 3.8) is 0 Å². The summed E-state index contributed by atoms with van der Waals surface area (Å²) in [5, 5.41) is 7.28. The van der Waals surface area contributed by atoms with Gasteiger partial charge in [0.15, 0.2) is 0 Å². The third kappa shape index (κ3) is 3.39. The molecule has 5 rings (SSSR count). The van der Waals surface area contributed by atoms with Gasteiger partial charge >= 0.3 is 0 Å². The molecule has 0 unspecified atom stereocenters. The van der Waals surface area contributed by atoms with Gasteiger partial charge in [-0.1, -0.05) is 12.1 Å². The van der Waals surface area contributed by atoms with Crippen LogP contribution in [0, 0.1) is 6.92 Å². The Bertz CT molecular complexity index is 1230. The quantitative estimate of drug-likeness (QED) is 0.572. The number of hydrogen-bond acceptors (Lipinski definition) is 5. The number of anilines is 1. The van der Waals surface area contributed by atoms with E-state index in [-0.39, 0.29) is 5.91 Å². The molecular weight excluding hydrogens is 376 g/mol. The van der Waals surface area contributed by atoms with Crippen LogP contribution >= 0.6 is 0 Å². The van der Waals surface area contributed by atoms with E-state index >= 15 is 0 Å². The molecule has 0 aromatic carbocycles. The Kier molecular flexibility index (Phi) is 4.63. The summed E-state index contributed by atoms with van der Waals surface area (Å²) in [4.78, 5) is 24.0. The zero-order valence-electron chi connectivity index (χ0n) is 16.7. The van der Waals surface area contributed by atoms with E-state index in [2.05, 4.69) is 31.3 Å². The normalized spacial score (nSPS) is 13.3. The number of nitrogens with one attached hydrogen (secondary N) is 1. The van der Waals surface area contributed by atoms with Gasteiger partial charge in [-0.2, -0.15) is 5.10 Å². The standard InChI is InChI=1S/C23H22N6O/c1-16-11-18(23(30)26-13-19-14-27-29-9-3-2-6-21(19)29)12-25-22(16)28-10-7-20-17(15-28)5-4-8-24-20/h2-6,8-9,11-12,14H,7,10,13,15H2,1H3,(H,26,30). The van der Waals surface area contributed by atoms with Gasteiger partial charge in [0, 0.05) is 55.9 Å². The summed E-state index contributed by atoms with van der Waals surface area (Å²) in [5.74, 6) is 0.782. The Labute approximate surface area is 174 Å². The van der Waals surface area contributed by atoms with Crippen LogP contribution < -0.4 is 10.2 Å². The molecule has 30 heavy (non-hydrogen) atoms. The molecule has 1 amide bonds. The van der Waals surface area contributed by atoms with Crippen LogP contribution in [-0.2, 0) is 19.5 Å². The summed E-state index contributed by atoms with van der Waals surface area (Å²) in [6, 6.07) is 11.9. The Morgan fingerprint density at radius 2 is 2.10 bits per heavy atom. The molecule has 1 aliphatic heterocycles. The number of carbonyl (C=O) groups excluding carboxylic acids is 1. The van der Waals surface area contributed by atoms with Gasteiger partial charge in [-0.3, -0.25) is 9.78 Å². The highest BCUT2D eigenvalue weighted by molar-refractivity contribution is 5.94. The van der Waals surface area contributed by atoms with E-state index in [1.54, 1.807) is 16.9 Å². The minimum absolute atomic E-state index is 0.138. The number of amides is 1. The van der Waals surface area contributed by atoms with Crippen LogP contribution in [0.4, 0.5) is 5.82 Å². The van der Waals surface area contributed by atoms with Crippen LogP contribution in [0.1, 0.15) is 32.7 Å². The number of hydrogen-bond donors (Lipinski definition) is 1. The number of carbonyl (C=O) groups is 1. The molecule has 150 valence electrons. The molecule has 7 nitrogen and oxygen atoms in total. The van der Waals surface area contributed by atoms with Gasteiger partial charge in [0.2, 0.25) is 0 Å². The highest BCUT2D eigenvalue weighted by Gasteiger charge is 2.20. The molecule has 0 atom stereocenters. The summed E-state index contributed by atoms with van der Waals surface area (Å²) < 4.78 is 1.80. The lowest BCUT2D eigenvalue weighted by Gasteiger charge is -2.30. The number of pyridine rings is 3. The Morgan fingerprint density at radius 3 is 3.00 bits per heavy atom. The van der Waals surface area contributed by atoms with Gasteiger partial charge in [0.1, 0.15) is 5.82 Å². The van der Waals surface area contributed by atoms with Gasteiger partial charge in [-0.15, -0.1) is 0 Å². The molecule has 1 N–H and O–H groups in total. The van der Waals surface area contributed by atoms with Crippen molar-refractivity contribution in [3.05, 3.63) is 89.1 Å². The second-order valence-electron chi connectivity index (χ2n) is 7.53. The first-order chi connectivity index (χ1) is 14.7. The lowest BCUT2D eigenvalue weighted by Crippen LogP contribution is -2.32. The molecule has 4 aromatic heterocycles. The summed E-state index contributed by atoms with van der Waals surface area (Å²) in [6.45, 7) is 4.08. The van der Waals surface area contributed by atoms with Gasteiger partial charge in [0.05, 0.1) is 17.3 Å². The predicted molar refractivity (Wildman–Crippen MR) is 114 cm³/mol. The maximum absolute atomic E-state index is 12.7. The number of aryl methyl sites for hydroxylation is 1. The molecule has 0 spiro atoms. The predicted octanol–water partition coefficient (Wildman–Crippen LogP) is 2.93. The molecule has 0 saturated carbocycles. The molecule has 0 bridgehead atoms. The number of rotatable bonds is 4. The highest BCUT2D eigenvalue weighted by Crippen LogP contribution is 2.25. The van der Waals surface area contributed by atoms with Gasteiger partial charge in [-0.05, 0) is 42.3 Å². The van der Waals surface area contributed by atoms with Gasteiger partial charge < -0.3 is 10.2 Å². The van der Waals surface area contributed by atoms with Crippen molar-refractivity contribution in [2.45, 2.75) is 26.4 Å². The third-order valence-electron chi connectivity index (χ3n) is 5.52. The first-order valence-electron chi connectivity index (χ1n) is 10.0. The van der Waals surface area contributed by atoms with Crippen molar-refractivity contribution in [2.75, 3.05) is 11.4 Å². The fraction of sp³-hybridized carbons (Fsp3) is 0.217. The van der Waals surface area contributed by atoms with E-state index < -0.39 is 0 Å². The number of aromatic nitrogens is 4. The molecule has 0 saturated heterocycles. The summed E-state index contributed by atoms with van der Waals surface area (Å²) in [7, 11) is 0. The van der Waals surface area contributed by atoms with Gasteiger partial charge in [-0.25, -0.2) is 9.50 Å². The molecule has 1 aliphatic rings. The van der Waals surface area contributed by atoms with Crippen LogP contribution in [-0.4, -0.2) is 32.0 Å². The second-order valence-corrected chi connectivity index (χ2v) is 7.53. The minimum Gasteiger partial charge on any atom is -0.352 e. The van der Waals surface area contributed by atoms with E-state index in [0.29, 0.717) is 12.1 Å². The Hall–Kier alpha value is -3.74. The van der Waals surface area contributed by atoms with Gasteiger partial charge in [0.25, 0.3) is 5.91 Å². The lowest BCUT2D eigenvalue weighted by molar-refractivity contribution is 0.0950. The van der Waals surface area contributed by atoms with Crippen LogP contribution in [0.25, 0.3) is 5.52 Å². The summed E-state index contributed by atoms with van der Waals surface area (Å²) in [6.07, 6.45) is 8.08. The van der Waals surface area contributed by atoms with E-state index in [0.717, 1.165) is 47.7 Å². The maximum atomic E-state index is 12.7. The van der Waals surface area contributed by atoms with Crippen LogP contribution in [0.15, 0.2) is 61.2 Å². The molecule has 0 aliphatic carbocycles. The maximum Gasteiger partial charge on any atom is 0.253 e. The van der Waals surface area contributed by atoms with E-state index in [1.807, 2.05) is 49.6 Å². The SMILES string of the molecule is Cc1cc(C(=O)NCc2cnn3ccccc23)cnc1N1CCc2ncccc2C1. The molecule has 5 heterocycles. The minimum atomic E-state index is -0.138. The highest BCUT2D eigenvalue weighted by atomic mass is 16.1. The van der Waals surface area contributed by atoms with Crippen molar-refractivity contribution in [3.8, 4) is 0 Å². The third-order valence-corrected chi connectivity index (χ3v) is 5.52. The Balaban J connectivity index is 1.29. The first-order valence-corrected chi connectivity index (χ1v) is 10.0. The smallest absolute Gasteiger partial charge is 0.253 e. The average Bonchev–Trinajstić information content (AvgIpc) is 3.20. The van der Waals surface area contributed by atoms with Crippen molar-refractivity contribution in [1.82, 2.24) is 24.9 Å². The zero-order chi connectivity index (χ0) is 20.5. The van der Waals surface area contributed by atoms with Crippen molar-refractivity contribution in [2.24, 2.45) is 0 Å². The van der Waals surface area contributed by atoms with Crippen LogP contribution in [0.5, 0.6) is 0 Å². The molecule has 4 aromatic rings. The van der Waals surface area contributed by atoms with E-state index in [1.165, 1.54) is 5.56 Å². The summed E-state index contributed by atoms with van der Waals surface area (Å²) >= 11 is 0. The number of fused-ring (bicyclic) bond motifs is 2. The zero-order valence-corrected chi connectivity index (χ0v) is 16.7. The van der Waals surface area contributed by atoms with E-state index in [4.69, 9.17) is 0 Å². The Morgan fingerprint density at radius 1 is 1.17 bits per heavy atom. The number of nitrogens with zero attached hydrogens (tertiary/aromatic N) is 5. The van der Waals surface area contributed by atoms with Crippen molar-refractivity contribution in [1.29, 1.82) is 0 Å². The first kappa shape index (κ1) is 18.3. The molecule has 0 radical (unpaired) electrons. The average molecular weight is 398 g/mol. The topological polar surface area (TPSA) is 75.4 Å². The monoisotopic (exact) mass is 398 g/mol. The molecular formula is C23H22N6O. The summed E-state index contributed by atoms with van der Waals surface area (Å²) in [5.41, 5.74) is 5.92. The van der Waals surface area contributed by atoms with Crippen LogP contribution in [0.2, 0.25) is 0 Å². The fourth-order valence-corrected chi connectivity index (χ4v) is 3.97. The largest absolute Gasteiger partial charge is 0.352 e. The van der Waals surface area contributed by atoms with Crippen molar-refractivity contribution < 1.29 is 4.79 Å².